The number of nitrogens with two attached hydrogens (primary N) is 1. The zero-order chi connectivity index (χ0) is 15.2. The SMILES string of the molecule is COc1ccc(CN2[C@H](C)CCC[C@@H]2C)cc1C#CCN. The molecule has 0 spiro atoms. The summed E-state index contributed by atoms with van der Waals surface area (Å²) in [6.07, 6.45) is 3.93. The van der Waals surface area contributed by atoms with Crippen LogP contribution in [0.4, 0.5) is 0 Å². The van der Waals surface area contributed by atoms with Gasteiger partial charge in [-0.3, -0.25) is 4.90 Å². The van der Waals surface area contributed by atoms with Crippen LogP contribution in [0, 0.1) is 11.8 Å². The summed E-state index contributed by atoms with van der Waals surface area (Å²) in [4.78, 5) is 2.59. The Balaban J connectivity index is 2.20. The number of hydrogen-bond donors (Lipinski definition) is 1. The normalized spacial score (nSPS) is 22.5. The van der Waals surface area contributed by atoms with Crippen molar-refractivity contribution in [2.45, 2.75) is 51.7 Å². The first-order chi connectivity index (χ1) is 10.2. The van der Waals surface area contributed by atoms with Gasteiger partial charge in [-0.1, -0.05) is 24.3 Å². The lowest BCUT2D eigenvalue weighted by Gasteiger charge is -2.39. The molecular formula is C18H26N2O. The molecule has 0 unspecified atom stereocenters. The average Bonchev–Trinajstić information content (AvgIpc) is 2.49. The molecule has 1 aliphatic rings. The summed E-state index contributed by atoms with van der Waals surface area (Å²) in [7, 11) is 1.68. The first-order valence-corrected chi connectivity index (χ1v) is 7.77. The van der Waals surface area contributed by atoms with Crippen molar-refractivity contribution in [2.75, 3.05) is 13.7 Å². The highest BCUT2D eigenvalue weighted by Gasteiger charge is 2.24. The third-order valence-electron chi connectivity index (χ3n) is 4.33. The van der Waals surface area contributed by atoms with Gasteiger partial charge in [-0.25, -0.2) is 0 Å². The maximum atomic E-state index is 5.47. The standard InChI is InChI=1S/C18H26N2O/c1-14-6-4-7-15(2)20(14)13-16-9-10-18(21-3)17(12-16)8-5-11-19/h9-10,12,14-15H,4,6-7,11,13,19H2,1-3H3/t14-,15+. The average molecular weight is 286 g/mol. The fourth-order valence-corrected chi connectivity index (χ4v) is 3.09. The quantitative estimate of drug-likeness (QED) is 0.868. The minimum Gasteiger partial charge on any atom is -0.495 e. The third-order valence-corrected chi connectivity index (χ3v) is 4.33. The number of methoxy groups -OCH3 is 1. The van der Waals surface area contributed by atoms with E-state index in [4.69, 9.17) is 10.5 Å². The zero-order valence-electron chi connectivity index (χ0n) is 13.4. The van der Waals surface area contributed by atoms with Gasteiger partial charge in [0.05, 0.1) is 19.2 Å². The van der Waals surface area contributed by atoms with Crippen molar-refractivity contribution in [1.82, 2.24) is 4.90 Å². The molecule has 0 aromatic heterocycles. The largest absolute Gasteiger partial charge is 0.495 e. The Labute approximate surface area is 128 Å². The molecule has 2 atom stereocenters. The van der Waals surface area contributed by atoms with E-state index >= 15 is 0 Å². The van der Waals surface area contributed by atoms with E-state index in [1.807, 2.05) is 6.07 Å². The van der Waals surface area contributed by atoms with Crippen LogP contribution >= 0.6 is 0 Å². The van der Waals surface area contributed by atoms with E-state index in [1.54, 1.807) is 7.11 Å². The monoisotopic (exact) mass is 286 g/mol. The summed E-state index contributed by atoms with van der Waals surface area (Å²) in [6, 6.07) is 7.58. The molecule has 3 heteroatoms. The fourth-order valence-electron chi connectivity index (χ4n) is 3.09. The molecule has 0 aliphatic carbocycles. The second-order valence-corrected chi connectivity index (χ2v) is 5.84. The van der Waals surface area contributed by atoms with Crippen LogP contribution in [0.5, 0.6) is 5.75 Å². The molecule has 1 aromatic carbocycles. The van der Waals surface area contributed by atoms with Crippen molar-refractivity contribution in [1.29, 1.82) is 0 Å². The summed E-state index contributed by atoms with van der Waals surface area (Å²) in [5.41, 5.74) is 7.69. The Bertz CT molecular complexity index is 520. The highest BCUT2D eigenvalue weighted by Crippen LogP contribution is 2.26. The third kappa shape index (κ3) is 4.00. The van der Waals surface area contributed by atoms with Gasteiger partial charge in [0, 0.05) is 18.6 Å². The van der Waals surface area contributed by atoms with Gasteiger partial charge in [-0.15, -0.1) is 0 Å². The van der Waals surface area contributed by atoms with E-state index in [0.29, 0.717) is 18.6 Å². The van der Waals surface area contributed by atoms with Gasteiger partial charge in [-0.05, 0) is 44.4 Å². The van der Waals surface area contributed by atoms with E-state index in [1.165, 1.54) is 24.8 Å². The van der Waals surface area contributed by atoms with Crippen molar-refractivity contribution in [3.8, 4) is 17.6 Å². The minimum atomic E-state index is 0.369. The van der Waals surface area contributed by atoms with Crippen LogP contribution in [-0.2, 0) is 6.54 Å². The molecular weight excluding hydrogens is 260 g/mol. The van der Waals surface area contributed by atoms with E-state index < -0.39 is 0 Å². The van der Waals surface area contributed by atoms with Crippen LogP contribution < -0.4 is 10.5 Å². The Hall–Kier alpha value is -1.50. The maximum Gasteiger partial charge on any atom is 0.134 e. The molecule has 1 aromatic rings. The molecule has 0 saturated carbocycles. The summed E-state index contributed by atoms with van der Waals surface area (Å²) < 4.78 is 5.37. The van der Waals surface area contributed by atoms with Crippen LogP contribution in [-0.4, -0.2) is 30.6 Å². The van der Waals surface area contributed by atoms with Crippen molar-refractivity contribution in [3.63, 3.8) is 0 Å². The van der Waals surface area contributed by atoms with Crippen LogP contribution in [0.25, 0.3) is 0 Å². The number of rotatable bonds is 3. The molecule has 1 heterocycles. The lowest BCUT2D eigenvalue weighted by atomic mass is 9.96. The summed E-state index contributed by atoms with van der Waals surface area (Å²) in [6.45, 7) is 6.00. The molecule has 1 saturated heterocycles. The van der Waals surface area contributed by atoms with Gasteiger partial charge < -0.3 is 10.5 Å². The van der Waals surface area contributed by atoms with Crippen molar-refractivity contribution in [3.05, 3.63) is 29.3 Å². The Morgan fingerprint density at radius 1 is 1.29 bits per heavy atom. The number of hydrogen-bond acceptors (Lipinski definition) is 3. The molecule has 2 rings (SSSR count). The molecule has 21 heavy (non-hydrogen) atoms. The van der Waals surface area contributed by atoms with Gasteiger partial charge in [0.2, 0.25) is 0 Å². The minimum absolute atomic E-state index is 0.369. The summed E-state index contributed by atoms with van der Waals surface area (Å²) >= 11 is 0. The Morgan fingerprint density at radius 2 is 2.00 bits per heavy atom. The first kappa shape index (κ1) is 15.9. The number of ether oxygens (including phenoxy) is 1. The molecule has 0 amide bonds. The number of piperidine rings is 1. The number of nitrogens with zero attached hydrogens (tertiary/aromatic N) is 1. The smallest absolute Gasteiger partial charge is 0.134 e. The van der Waals surface area contributed by atoms with Gasteiger partial charge in [0.15, 0.2) is 0 Å². The molecule has 3 nitrogen and oxygen atoms in total. The maximum absolute atomic E-state index is 5.47. The fraction of sp³-hybridized carbons (Fsp3) is 0.556. The second kappa shape index (κ2) is 7.49. The summed E-state index contributed by atoms with van der Waals surface area (Å²) in [5, 5.41) is 0. The van der Waals surface area contributed by atoms with Crippen LogP contribution in [0.1, 0.15) is 44.2 Å². The topological polar surface area (TPSA) is 38.5 Å². The van der Waals surface area contributed by atoms with Crippen LogP contribution in [0.2, 0.25) is 0 Å². The van der Waals surface area contributed by atoms with Gasteiger partial charge in [0.25, 0.3) is 0 Å². The first-order valence-electron chi connectivity index (χ1n) is 7.77. The van der Waals surface area contributed by atoms with E-state index in [-0.39, 0.29) is 0 Å². The van der Waals surface area contributed by atoms with Crippen LogP contribution in [0.3, 0.4) is 0 Å². The van der Waals surface area contributed by atoms with E-state index in [9.17, 15) is 0 Å². The highest BCUT2D eigenvalue weighted by atomic mass is 16.5. The van der Waals surface area contributed by atoms with E-state index in [0.717, 1.165) is 17.9 Å². The predicted octanol–water partition coefficient (Wildman–Crippen LogP) is 2.77. The molecule has 1 aliphatic heterocycles. The predicted molar refractivity (Wildman–Crippen MR) is 87.2 cm³/mol. The van der Waals surface area contributed by atoms with Crippen LogP contribution in [0.15, 0.2) is 18.2 Å². The Morgan fingerprint density at radius 3 is 2.62 bits per heavy atom. The van der Waals surface area contributed by atoms with Gasteiger partial charge >= 0.3 is 0 Å². The van der Waals surface area contributed by atoms with E-state index in [2.05, 4.69) is 42.7 Å². The highest BCUT2D eigenvalue weighted by molar-refractivity contribution is 5.48. The number of benzene rings is 1. The molecule has 1 fully saturated rings. The second-order valence-electron chi connectivity index (χ2n) is 5.84. The lowest BCUT2D eigenvalue weighted by molar-refractivity contribution is 0.0952. The van der Waals surface area contributed by atoms with Gasteiger partial charge in [-0.2, -0.15) is 0 Å². The molecule has 0 radical (unpaired) electrons. The zero-order valence-corrected chi connectivity index (χ0v) is 13.4. The number of likely N-dealkylation sites (tertiary alicyclic amines) is 1. The molecule has 114 valence electrons. The molecule has 0 bridgehead atoms. The Kier molecular flexibility index (Phi) is 5.67. The van der Waals surface area contributed by atoms with Crippen molar-refractivity contribution in [2.24, 2.45) is 5.73 Å². The lowest BCUT2D eigenvalue weighted by Crippen LogP contribution is -2.42. The molecule has 2 N–H and O–H groups in total. The van der Waals surface area contributed by atoms with Gasteiger partial charge in [0.1, 0.15) is 5.75 Å². The van der Waals surface area contributed by atoms with Crippen molar-refractivity contribution >= 4 is 0 Å². The summed E-state index contributed by atoms with van der Waals surface area (Å²) in [5.74, 6) is 6.84. The van der Waals surface area contributed by atoms with Crippen molar-refractivity contribution < 1.29 is 4.74 Å².